The Hall–Kier alpha value is -2.29. The number of rotatable bonds is 2. The molecule has 0 aromatic heterocycles. The normalized spacial score (nSPS) is 15.5. The predicted molar refractivity (Wildman–Crippen MR) is 70.3 cm³/mol. The Kier molecular flexibility index (Phi) is 4.55. The molecule has 1 saturated heterocycles. The van der Waals surface area contributed by atoms with Crippen LogP contribution in [0.1, 0.15) is 15.9 Å². The number of benzene rings is 1. The molecular formula is C13H13F3N3O3. The maximum atomic E-state index is 12.6. The Morgan fingerprint density at radius 2 is 1.86 bits per heavy atom. The second-order valence-corrected chi connectivity index (χ2v) is 4.62. The average Bonchev–Trinajstić information content (AvgIpc) is 2.47. The fourth-order valence-electron chi connectivity index (χ4n) is 1.98. The first-order valence-corrected chi connectivity index (χ1v) is 6.40. The van der Waals surface area contributed by atoms with Crippen molar-refractivity contribution in [3.63, 3.8) is 0 Å². The van der Waals surface area contributed by atoms with Gasteiger partial charge in [-0.3, -0.25) is 10.5 Å². The summed E-state index contributed by atoms with van der Waals surface area (Å²) in [6.07, 6.45) is -4.63. The summed E-state index contributed by atoms with van der Waals surface area (Å²) in [6.45, 7) is 1.42. The number of carbonyl (C=O) groups is 2. The van der Waals surface area contributed by atoms with Crippen LogP contribution in [0.2, 0.25) is 0 Å². The summed E-state index contributed by atoms with van der Waals surface area (Å²) in [4.78, 5) is 24.6. The standard InChI is InChI=1S/C13H13F3N3O3/c14-13(15,16)8-1-2-10(9(7-8)11(17)20)18-12(21)19-3-5-22-6-4-19/h1-2,7,17H,3-6H2,(H,18,21). The first-order chi connectivity index (χ1) is 10.3. The van der Waals surface area contributed by atoms with Crippen molar-refractivity contribution in [2.75, 3.05) is 31.6 Å². The molecule has 1 aliphatic rings. The lowest BCUT2D eigenvalue weighted by atomic mass is 10.1. The number of morpholine rings is 1. The van der Waals surface area contributed by atoms with Crippen LogP contribution in [0.5, 0.6) is 0 Å². The highest BCUT2D eigenvalue weighted by Gasteiger charge is 2.32. The molecule has 0 aliphatic carbocycles. The largest absolute Gasteiger partial charge is 0.416 e. The van der Waals surface area contributed by atoms with Gasteiger partial charge in [-0.15, -0.1) is 0 Å². The van der Waals surface area contributed by atoms with Crippen LogP contribution in [0.3, 0.4) is 0 Å². The maximum Gasteiger partial charge on any atom is 0.416 e. The molecule has 0 saturated carbocycles. The van der Waals surface area contributed by atoms with Crippen LogP contribution in [-0.4, -0.2) is 43.1 Å². The number of halogens is 3. The van der Waals surface area contributed by atoms with Crippen molar-refractivity contribution >= 4 is 17.6 Å². The number of hydrogen-bond donors (Lipinski definition) is 1. The van der Waals surface area contributed by atoms with Gasteiger partial charge in [-0.1, -0.05) is 0 Å². The fraction of sp³-hybridized carbons (Fsp3) is 0.385. The number of amides is 3. The van der Waals surface area contributed by atoms with Crippen LogP contribution in [-0.2, 0) is 10.9 Å². The Morgan fingerprint density at radius 1 is 1.23 bits per heavy atom. The molecule has 0 unspecified atom stereocenters. The molecule has 1 radical (unpaired) electrons. The van der Waals surface area contributed by atoms with E-state index in [-0.39, 0.29) is 5.69 Å². The summed E-state index contributed by atoms with van der Waals surface area (Å²) in [7, 11) is 0. The molecule has 9 heteroatoms. The minimum Gasteiger partial charge on any atom is -0.378 e. The van der Waals surface area contributed by atoms with Crippen molar-refractivity contribution in [3.05, 3.63) is 29.3 Å². The molecule has 2 N–H and O–H groups in total. The molecule has 1 aromatic rings. The van der Waals surface area contributed by atoms with Gasteiger partial charge in [0.05, 0.1) is 30.0 Å². The fourth-order valence-corrected chi connectivity index (χ4v) is 1.98. The van der Waals surface area contributed by atoms with Gasteiger partial charge in [-0.2, -0.15) is 13.2 Å². The quantitative estimate of drug-likeness (QED) is 0.906. The number of alkyl halides is 3. The van der Waals surface area contributed by atoms with E-state index in [4.69, 9.17) is 10.5 Å². The maximum absolute atomic E-state index is 12.6. The molecule has 1 fully saturated rings. The number of nitrogens with zero attached hydrogens (tertiary/aromatic N) is 1. The lowest BCUT2D eigenvalue weighted by molar-refractivity contribution is -0.137. The highest BCUT2D eigenvalue weighted by atomic mass is 19.4. The van der Waals surface area contributed by atoms with Crippen molar-refractivity contribution in [3.8, 4) is 0 Å². The molecular weight excluding hydrogens is 303 g/mol. The van der Waals surface area contributed by atoms with Gasteiger partial charge in [0.1, 0.15) is 0 Å². The van der Waals surface area contributed by atoms with E-state index in [1.165, 1.54) is 4.90 Å². The monoisotopic (exact) mass is 316 g/mol. The predicted octanol–water partition coefficient (Wildman–Crippen LogP) is 1.99. The molecule has 6 nitrogen and oxygen atoms in total. The summed E-state index contributed by atoms with van der Waals surface area (Å²) in [6, 6.07) is 1.74. The molecule has 1 heterocycles. The van der Waals surface area contributed by atoms with E-state index in [0.29, 0.717) is 32.4 Å². The molecule has 1 aromatic carbocycles. The van der Waals surface area contributed by atoms with Gasteiger partial charge >= 0.3 is 12.2 Å². The minimum absolute atomic E-state index is 0.121. The van der Waals surface area contributed by atoms with Crippen LogP contribution in [0.4, 0.5) is 23.7 Å². The van der Waals surface area contributed by atoms with Crippen molar-refractivity contribution < 1.29 is 27.5 Å². The number of urea groups is 1. The number of nitrogens with one attached hydrogen (secondary N) is 2. The molecule has 2 rings (SSSR count). The third-order valence-electron chi connectivity index (χ3n) is 3.13. The average molecular weight is 316 g/mol. The van der Waals surface area contributed by atoms with Gasteiger partial charge in [-0.05, 0) is 18.2 Å². The highest BCUT2D eigenvalue weighted by molar-refractivity contribution is 6.02. The lowest BCUT2D eigenvalue weighted by Gasteiger charge is -2.27. The summed E-state index contributed by atoms with van der Waals surface area (Å²) in [5.74, 6) is -1.30. The van der Waals surface area contributed by atoms with E-state index in [1.54, 1.807) is 0 Å². The SMILES string of the molecule is [NH]C(=O)c1cc(C(F)(F)F)ccc1NC(=O)N1CCOCC1. The zero-order chi connectivity index (χ0) is 16.3. The number of carbonyl (C=O) groups excluding carboxylic acids is 2. The van der Waals surface area contributed by atoms with E-state index >= 15 is 0 Å². The molecule has 0 bridgehead atoms. The highest BCUT2D eigenvalue weighted by Crippen LogP contribution is 2.32. The molecule has 1 aliphatic heterocycles. The van der Waals surface area contributed by atoms with Crippen LogP contribution in [0.25, 0.3) is 0 Å². The van der Waals surface area contributed by atoms with Crippen LogP contribution in [0.15, 0.2) is 18.2 Å². The van der Waals surface area contributed by atoms with Crippen molar-refractivity contribution in [1.29, 1.82) is 0 Å². The zero-order valence-electron chi connectivity index (χ0n) is 11.4. The Balaban J connectivity index is 2.23. The lowest BCUT2D eigenvalue weighted by Crippen LogP contribution is -2.43. The number of hydrogen-bond acceptors (Lipinski definition) is 3. The van der Waals surface area contributed by atoms with Crippen LogP contribution in [0, 0.1) is 0 Å². The second kappa shape index (κ2) is 6.22. The van der Waals surface area contributed by atoms with Gasteiger partial charge in [0, 0.05) is 13.1 Å². The third-order valence-corrected chi connectivity index (χ3v) is 3.13. The van der Waals surface area contributed by atoms with Gasteiger partial charge in [0.2, 0.25) is 0 Å². The molecule has 0 atom stereocenters. The number of ether oxygens (including phenoxy) is 1. The molecule has 119 valence electrons. The summed E-state index contributed by atoms with van der Waals surface area (Å²) >= 11 is 0. The molecule has 0 spiro atoms. The van der Waals surface area contributed by atoms with E-state index in [2.05, 4.69) is 5.32 Å². The zero-order valence-corrected chi connectivity index (χ0v) is 11.4. The van der Waals surface area contributed by atoms with Crippen molar-refractivity contribution in [2.45, 2.75) is 6.18 Å². The Bertz CT molecular complexity index is 584. The Labute approximate surface area is 124 Å². The summed E-state index contributed by atoms with van der Waals surface area (Å²) in [5.41, 5.74) is 5.39. The Morgan fingerprint density at radius 3 is 2.41 bits per heavy atom. The molecule has 3 amide bonds. The minimum atomic E-state index is -4.63. The van der Waals surface area contributed by atoms with Gasteiger partial charge < -0.3 is 15.0 Å². The topological polar surface area (TPSA) is 82.4 Å². The van der Waals surface area contributed by atoms with E-state index in [0.717, 1.165) is 12.1 Å². The third kappa shape index (κ3) is 3.67. The van der Waals surface area contributed by atoms with Crippen molar-refractivity contribution in [1.82, 2.24) is 10.6 Å². The van der Waals surface area contributed by atoms with E-state index < -0.39 is 29.2 Å². The van der Waals surface area contributed by atoms with Gasteiger partial charge in [0.15, 0.2) is 0 Å². The van der Waals surface area contributed by atoms with Gasteiger partial charge in [0.25, 0.3) is 5.91 Å². The van der Waals surface area contributed by atoms with Gasteiger partial charge in [-0.25, -0.2) is 4.79 Å². The van der Waals surface area contributed by atoms with Crippen LogP contribution < -0.4 is 11.1 Å². The van der Waals surface area contributed by atoms with Crippen molar-refractivity contribution in [2.24, 2.45) is 0 Å². The smallest absolute Gasteiger partial charge is 0.378 e. The van der Waals surface area contributed by atoms with E-state index in [9.17, 15) is 22.8 Å². The molecule has 22 heavy (non-hydrogen) atoms. The summed E-state index contributed by atoms with van der Waals surface area (Å²) in [5, 5.41) is 2.36. The number of anilines is 1. The first-order valence-electron chi connectivity index (χ1n) is 6.40. The second-order valence-electron chi connectivity index (χ2n) is 4.62. The first kappa shape index (κ1) is 16.1. The van der Waals surface area contributed by atoms with E-state index in [1.807, 2.05) is 0 Å². The summed E-state index contributed by atoms with van der Waals surface area (Å²) < 4.78 is 43.0. The van der Waals surface area contributed by atoms with Crippen LogP contribution >= 0.6 is 0 Å².